The van der Waals surface area contributed by atoms with Gasteiger partial charge in [-0.3, -0.25) is 10.1 Å². The zero-order valence-corrected chi connectivity index (χ0v) is 10.1. The molecule has 0 aliphatic heterocycles. The third kappa shape index (κ3) is 2.92. The number of nitrogens with zero attached hydrogens (tertiary/aromatic N) is 3. The monoisotopic (exact) mass is 245 g/mol. The second kappa shape index (κ2) is 5.42. The molecule has 0 radical (unpaired) electrons. The van der Waals surface area contributed by atoms with Crippen molar-refractivity contribution in [1.29, 1.82) is 0 Å². The van der Waals surface area contributed by atoms with Crippen molar-refractivity contribution < 1.29 is 4.79 Å². The van der Waals surface area contributed by atoms with Crippen LogP contribution >= 0.6 is 0 Å². The summed E-state index contributed by atoms with van der Waals surface area (Å²) in [5.74, 6) is 0.124. The number of hydrogen-bond acceptors (Lipinski definition) is 4. The lowest BCUT2D eigenvalue weighted by Crippen LogP contribution is -2.38. The molecular weight excluding hydrogens is 230 g/mol. The van der Waals surface area contributed by atoms with E-state index in [1.165, 1.54) is 6.33 Å². The van der Waals surface area contributed by atoms with Crippen molar-refractivity contribution in [3.05, 3.63) is 42.2 Å². The van der Waals surface area contributed by atoms with E-state index in [0.29, 0.717) is 12.4 Å². The molecule has 2 aromatic rings. The van der Waals surface area contributed by atoms with E-state index in [0.717, 1.165) is 5.56 Å². The summed E-state index contributed by atoms with van der Waals surface area (Å²) in [5.41, 5.74) is 6.87. The van der Waals surface area contributed by atoms with Crippen LogP contribution in [-0.2, 0) is 18.3 Å². The number of nitrogens with one attached hydrogen (secondary N) is 1. The van der Waals surface area contributed by atoms with E-state index in [2.05, 4.69) is 15.5 Å². The SMILES string of the molecule is Cn1cnnc1NC(=O)[C@H](N)Cc1ccccc1. The Morgan fingerprint density at radius 3 is 2.78 bits per heavy atom. The Hall–Kier alpha value is -2.21. The number of benzene rings is 1. The molecule has 0 bridgehead atoms. The van der Waals surface area contributed by atoms with Crippen molar-refractivity contribution in [1.82, 2.24) is 14.8 Å². The highest BCUT2D eigenvalue weighted by atomic mass is 16.2. The Morgan fingerprint density at radius 1 is 1.44 bits per heavy atom. The number of rotatable bonds is 4. The maximum Gasteiger partial charge on any atom is 0.243 e. The number of nitrogens with two attached hydrogens (primary N) is 1. The number of hydrogen-bond donors (Lipinski definition) is 2. The molecule has 94 valence electrons. The molecule has 18 heavy (non-hydrogen) atoms. The van der Waals surface area contributed by atoms with E-state index >= 15 is 0 Å². The van der Waals surface area contributed by atoms with Crippen LogP contribution in [-0.4, -0.2) is 26.7 Å². The lowest BCUT2D eigenvalue weighted by atomic mass is 10.1. The van der Waals surface area contributed by atoms with Crippen LogP contribution in [0.4, 0.5) is 5.95 Å². The van der Waals surface area contributed by atoms with Gasteiger partial charge >= 0.3 is 0 Å². The summed E-state index contributed by atoms with van der Waals surface area (Å²) in [7, 11) is 1.75. The smallest absolute Gasteiger partial charge is 0.243 e. The van der Waals surface area contributed by atoms with Crippen LogP contribution in [0.1, 0.15) is 5.56 Å². The van der Waals surface area contributed by atoms with Crippen molar-refractivity contribution >= 4 is 11.9 Å². The van der Waals surface area contributed by atoms with Gasteiger partial charge in [-0.15, -0.1) is 10.2 Å². The van der Waals surface area contributed by atoms with Crippen LogP contribution in [0.25, 0.3) is 0 Å². The predicted octanol–water partition coefficient (Wildman–Crippen LogP) is 0.324. The third-order valence-corrected chi connectivity index (χ3v) is 2.58. The zero-order valence-electron chi connectivity index (χ0n) is 10.1. The van der Waals surface area contributed by atoms with E-state index in [1.807, 2.05) is 30.3 Å². The van der Waals surface area contributed by atoms with E-state index in [9.17, 15) is 4.79 Å². The average Bonchev–Trinajstić information content (AvgIpc) is 2.76. The fraction of sp³-hybridized carbons (Fsp3) is 0.250. The van der Waals surface area contributed by atoms with E-state index in [-0.39, 0.29) is 5.91 Å². The van der Waals surface area contributed by atoms with Crippen LogP contribution in [0.15, 0.2) is 36.7 Å². The van der Waals surface area contributed by atoms with Gasteiger partial charge in [0.15, 0.2) is 0 Å². The fourth-order valence-electron chi connectivity index (χ4n) is 1.56. The van der Waals surface area contributed by atoms with Crippen molar-refractivity contribution in [2.75, 3.05) is 5.32 Å². The van der Waals surface area contributed by atoms with Gasteiger partial charge in [-0.1, -0.05) is 30.3 Å². The van der Waals surface area contributed by atoms with Crippen LogP contribution in [0.5, 0.6) is 0 Å². The van der Waals surface area contributed by atoms with Gasteiger partial charge in [-0.2, -0.15) is 0 Å². The summed E-state index contributed by atoms with van der Waals surface area (Å²) in [6.07, 6.45) is 2.00. The molecule has 6 heteroatoms. The Kier molecular flexibility index (Phi) is 3.69. The molecule has 1 aromatic carbocycles. The highest BCUT2D eigenvalue weighted by molar-refractivity contribution is 5.93. The summed E-state index contributed by atoms with van der Waals surface area (Å²) < 4.78 is 1.62. The Balaban J connectivity index is 1.95. The van der Waals surface area contributed by atoms with Gasteiger partial charge < -0.3 is 10.3 Å². The summed E-state index contributed by atoms with van der Waals surface area (Å²) in [6.45, 7) is 0. The number of aryl methyl sites for hydroxylation is 1. The first-order valence-electron chi connectivity index (χ1n) is 5.61. The number of aromatic nitrogens is 3. The van der Waals surface area contributed by atoms with Crippen LogP contribution in [0.3, 0.4) is 0 Å². The van der Waals surface area contributed by atoms with Gasteiger partial charge in [0.1, 0.15) is 6.33 Å². The van der Waals surface area contributed by atoms with E-state index in [1.54, 1.807) is 11.6 Å². The summed E-state index contributed by atoms with van der Waals surface area (Å²) in [6, 6.07) is 9.04. The molecule has 0 spiro atoms. The van der Waals surface area contributed by atoms with Gasteiger partial charge in [0, 0.05) is 7.05 Å². The largest absolute Gasteiger partial charge is 0.320 e. The summed E-state index contributed by atoms with van der Waals surface area (Å²) >= 11 is 0. The van der Waals surface area contributed by atoms with Gasteiger partial charge in [-0.05, 0) is 12.0 Å². The lowest BCUT2D eigenvalue weighted by Gasteiger charge is -2.11. The molecule has 3 N–H and O–H groups in total. The normalized spacial score (nSPS) is 12.1. The molecule has 6 nitrogen and oxygen atoms in total. The molecule has 0 saturated heterocycles. The first kappa shape index (κ1) is 12.3. The van der Waals surface area contributed by atoms with Crippen LogP contribution in [0, 0.1) is 0 Å². The third-order valence-electron chi connectivity index (χ3n) is 2.58. The molecule has 0 unspecified atom stereocenters. The van der Waals surface area contributed by atoms with Gasteiger partial charge in [-0.25, -0.2) is 0 Å². The minimum Gasteiger partial charge on any atom is -0.320 e. The Morgan fingerprint density at radius 2 is 2.17 bits per heavy atom. The Labute approximate surface area is 105 Å². The first-order valence-corrected chi connectivity index (χ1v) is 5.61. The van der Waals surface area contributed by atoms with E-state index in [4.69, 9.17) is 5.73 Å². The van der Waals surface area contributed by atoms with Gasteiger partial charge in [0.2, 0.25) is 11.9 Å². The molecular formula is C12H15N5O. The molecule has 0 saturated carbocycles. The zero-order chi connectivity index (χ0) is 13.0. The molecule has 1 atom stereocenters. The quantitative estimate of drug-likeness (QED) is 0.812. The minimum atomic E-state index is -0.607. The summed E-state index contributed by atoms with van der Waals surface area (Å²) in [4.78, 5) is 11.8. The van der Waals surface area contributed by atoms with Crippen LogP contribution in [0.2, 0.25) is 0 Å². The van der Waals surface area contributed by atoms with E-state index < -0.39 is 6.04 Å². The summed E-state index contributed by atoms with van der Waals surface area (Å²) in [5, 5.41) is 10.1. The van der Waals surface area contributed by atoms with Crippen molar-refractivity contribution in [3.8, 4) is 0 Å². The molecule has 0 aliphatic rings. The number of anilines is 1. The van der Waals surface area contributed by atoms with Gasteiger partial charge in [0.25, 0.3) is 0 Å². The van der Waals surface area contributed by atoms with Crippen molar-refractivity contribution in [2.45, 2.75) is 12.5 Å². The molecule has 2 rings (SSSR count). The molecule has 1 amide bonds. The first-order chi connectivity index (χ1) is 8.66. The standard InChI is InChI=1S/C12H15N5O/c1-17-8-14-16-12(17)15-11(18)10(13)7-9-5-3-2-4-6-9/h2-6,8,10H,7,13H2,1H3,(H,15,16,18)/t10-/m1/s1. The number of amides is 1. The fourth-order valence-corrected chi connectivity index (χ4v) is 1.56. The maximum absolute atomic E-state index is 11.8. The lowest BCUT2D eigenvalue weighted by molar-refractivity contribution is -0.117. The molecule has 1 aromatic heterocycles. The highest BCUT2D eigenvalue weighted by Crippen LogP contribution is 2.04. The highest BCUT2D eigenvalue weighted by Gasteiger charge is 2.15. The minimum absolute atomic E-state index is 0.269. The predicted molar refractivity (Wildman–Crippen MR) is 67.8 cm³/mol. The average molecular weight is 245 g/mol. The second-order valence-corrected chi connectivity index (χ2v) is 4.05. The Bertz CT molecular complexity index is 522. The molecule has 1 heterocycles. The second-order valence-electron chi connectivity index (χ2n) is 4.05. The van der Waals surface area contributed by atoms with Crippen LogP contribution < -0.4 is 11.1 Å². The topological polar surface area (TPSA) is 85.8 Å². The van der Waals surface area contributed by atoms with Gasteiger partial charge in [0.05, 0.1) is 6.04 Å². The number of carbonyl (C=O) groups excluding carboxylic acids is 1. The van der Waals surface area contributed by atoms with Crippen molar-refractivity contribution in [2.24, 2.45) is 12.8 Å². The maximum atomic E-state index is 11.8. The van der Waals surface area contributed by atoms with Crippen molar-refractivity contribution in [3.63, 3.8) is 0 Å². The molecule has 0 fully saturated rings. The molecule has 0 aliphatic carbocycles. The number of carbonyl (C=O) groups is 1.